The minimum Gasteiger partial charge on any atom is -0.508 e. The summed E-state index contributed by atoms with van der Waals surface area (Å²) < 4.78 is 0. The van der Waals surface area contributed by atoms with Gasteiger partial charge in [-0.1, -0.05) is 24.3 Å². The molecule has 0 bridgehead atoms. The van der Waals surface area contributed by atoms with E-state index in [1.807, 2.05) is 18.2 Å². The number of hydrogen-bond donors (Lipinski definition) is 2. The highest BCUT2D eigenvalue weighted by Gasteiger charge is 2.20. The molecule has 2 N–H and O–H groups in total. The highest BCUT2D eigenvalue weighted by atomic mass is 16.3. The number of piperazine rings is 1. The third-order valence-electron chi connectivity index (χ3n) is 4.77. The number of nitrogens with zero attached hydrogens (tertiary/aromatic N) is 2. The van der Waals surface area contributed by atoms with Gasteiger partial charge in [0.15, 0.2) is 0 Å². The van der Waals surface area contributed by atoms with Crippen LogP contribution in [0.3, 0.4) is 0 Å². The van der Waals surface area contributed by atoms with Crippen molar-refractivity contribution >= 4 is 16.6 Å². The van der Waals surface area contributed by atoms with Crippen molar-refractivity contribution in [2.45, 2.75) is 6.54 Å². The Morgan fingerprint density at radius 2 is 1.67 bits per heavy atom. The Kier molecular flexibility index (Phi) is 4.05. The third-order valence-corrected chi connectivity index (χ3v) is 4.77. The van der Waals surface area contributed by atoms with Gasteiger partial charge in [0.2, 0.25) is 0 Å². The van der Waals surface area contributed by atoms with Gasteiger partial charge in [0.1, 0.15) is 12.3 Å². The first-order valence-electron chi connectivity index (χ1n) is 8.50. The van der Waals surface area contributed by atoms with E-state index in [9.17, 15) is 5.11 Å². The highest BCUT2D eigenvalue weighted by Crippen LogP contribution is 2.18. The molecule has 122 valence electrons. The number of fused-ring (bicyclic) bond motifs is 1. The van der Waals surface area contributed by atoms with Crippen LogP contribution in [0.25, 0.3) is 10.9 Å². The number of aromatic nitrogens is 1. The molecule has 0 radical (unpaired) electrons. The van der Waals surface area contributed by atoms with E-state index in [-0.39, 0.29) is 0 Å². The Bertz CT molecular complexity index is 824. The molecule has 2 heterocycles. The third kappa shape index (κ3) is 3.19. The number of rotatable bonds is 3. The Morgan fingerprint density at radius 3 is 2.46 bits per heavy atom. The van der Waals surface area contributed by atoms with Crippen LogP contribution in [-0.2, 0) is 6.54 Å². The zero-order valence-corrected chi connectivity index (χ0v) is 13.7. The topological polar surface area (TPSA) is 40.8 Å². The summed E-state index contributed by atoms with van der Waals surface area (Å²) in [6.07, 6.45) is 0. The lowest BCUT2D eigenvalue weighted by molar-refractivity contribution is -0.914. The van der Waals surface area contributed by atoms with Crippen LogP contribution in [-0.4, -0.2) is 36.3 Å². The molecule has 2 aromatic carbocycles. The van der Waals surface area contributed by atoms with Gasteiger partial charge in [0.25, 0.3) is 0 Å². The van der Waals surface area contributed by atoms with Crippen molar-refractivity contribution in [1.29, 1.82) is 0 Å². The first-order chi connectivity index (χ1) is 11.8. The van der Waals surface area contributed by atoms with E-state index in [0.29, 0.717) is 5.75 Å². The van der Waals surface area contributed by atoms with Crippen LogP contribution in [0, 0.1) is 0 Å². The van der Waals surface area contributed by atoms with Crippen LogP contribution < -0.4 is 9.80 Å². The van der Waals surface area contributed by atoms with E-state index < -0.39 is 0 Å². The van der Waals surface area contributed by atoms with Crippen molar-refractivity contribution in [2.24, 2.45) is 0 Å². The van der Waals surface area contributed by atoms with Gasteiger partial charge in [-0.05, 0) is 36.4 Å². The minimum atomic E-state index is 0.324. The molecule has 1 fully saturated rings. The smallest absolute Gasteiger partial charge is 0.120 e. The summed E-state index contributed by atoms with van der Waals surface area (Å²) in [5.41, 5.74) is 3.44. The normalized spacial score (nSPS) is 15.8. The molecule has 0 aliphatic carbocycles. The lowest BCUT2D eigenvalue weighted by atomic mass is 10.2. The average Bonchev–Trinajstić information content (AvgIpc) is 2.63. The minimum absolute atomic E-state index is 0.324. The maximum absolute atomic E-state index is 9.41. The van der Waals surface area contributed by atoms with Crippen LogP contribution in [0.1, 0.15) is 5.69 Å². The van der Waals surface area contributed by atoms with E-state index >= 15 is 0 Å². The van der Waals surface area contributed by atoms with Crippen molar-refractivity contribution in [3.63, 3.8) is 0 Å². The summed E-state index contributed by atoms with van der Waals surface area (Å²) in [4.78, 5) is 8.76. The summed E-state index contributed by atoms with van der Waals surface area (Å²) >= 11 is 0. The Balaban J connectivity index is 1.39. The fourth-order valence-corrected chi connectivity index (χ4v) is 3.38. The number of quaternary nitrogens is 1. The predicted octanol–water partition coefficient (Wildman–Crippen LogP) is 1.85. The Morgan fingerprint density at radius 1 is 0.917 bits per heavy atom. The van der Waals surface area contributed by atoms with Crippen molar-refractivity contribution < 1.29 is 10.0 Å². The number of pyridine rings is 1. The van der Waals surface area contributed by atoms with E-state index in [1.54, 1.807) is 17.0 Å². The summed E-state index contributed by atoms with van der Waals surface area (Å²) in [6, 6.07) is 20.1. The summed E-state index contributed by atoms with van der Waals surface area (Å²) in [5.74, 6) is 0.324. The molecule has 4 nitrogen and oxygen atoms in total. The molecule has 0 amide bonds. The summed E-state index contributed by atoms with van der Waals surface area (Å²) in [7, 11) is 0. The summed E-state index contributed by atoms with van der Waals surface area (Å²) in [6.45, 7) is 5.26. The lowest BCUT2D eigenvalue weighted by Crippen LogP contribution is -3.13. The fourth-order valence-electron chi connectivity index (χ4n) is 3.38. The van der Waals surface area contributed by atoms with Gasteiger partial charge in [-0.2, -0.15) is 0 Å². The van der Waals surface area contributed by atoms with Crippen LogP contribution in [0.5, 0.6) is 5.75 Å². The average molecular weight is 320 g/mol. The van der Waals surface area contributed by atoms with Gasteiger partial charge >= 0.3 is 0 Å². The first kappa shape index (κ1) is 15.0. The molecule has 1 aliphatic heterocycles. The van der Waals surface area contributed by atoms with E-state index in [4.69, 9.17) is 4.98 Å². The molecule has 1 aromatic heterocycles. The van der Waals surface area contributed by atoms with Gasteiger partial charge in [-0.25, -0.2) is 4.98 Å². The van der Waals surface area contributed by atoms with Crippen LogP contribution in [0.2, 0.25) is 0 Å². The fraction of sp³-hybridized carbons (Fsp3) is 0.250. The number of hydrogen-bond acceptors (Lipinski definition) is 3. The molecular weight excluding hydrogens is 298 g/mol. The van der Waals surface area contributed by atoms with Gasteiger partial charge in [0, 0.05) is 11.1 Å². The molecule has 3 aromatic rings. The molecular formula is C20H22N3O+. The van der Waals surface area contributed by atoms with Crippen LogP contribution in [0.4, 0.5) is 5.69 Å². The number of benzene rings is 2. The molecule has 0 unspecified atom stereocenters. The van der Waals surface area contributed by atoms with Gasteiger partial charge in [-0.15, -0.1) is 0 Å². The Labute approximate surface area is 142 Å². The standard InChI is InChI=1S/C20H21N3O/c24-19-9-7-18(8-10-19)23-13-11-22(12-14-23)15-17-6-5-16-3-1-2-4-20(16)21-17/h1-10,24H,11-15H2/p+1. The monoisotopic (exact) mass is 320 g/mol. The second-order valence-corrected chi connectivity index (χ2v) is 6.43. The van der Waals surface area contributed by atoms with Crippen LogP contribution in [0.15, 0.2) is 60.7 Å². The second kappa shape index (κ2) is 6.49. The van der Waals surface area contributed by atoms with Crippen molar-refractivity contribution in [2.75, 3.05) is 31.1 Å². The second-order valence-electron chi connectivity index (χ2n) is 6.43. The van der Waals surface area contributed by atoms with E-state index in [2.05, 4.69) is 35.2 Å². The molecule has 4 heteroatoms. The predicted molar refractivity (Wildman–Crippen MR) is 96.5 cm³/mol. The number of para-hydroxylation sites is 1. The van der Waals surface area contributed by atoms with Crippen LogP contribution >= 0.6 is 0 Å². The molecule has 0 spiro atoms. The number of anilines is 1. The zero-order chi connectivity index (χ0) is 16.4. The highest BCUT2D eigenvalue weighted by molar-refractivity contribution is 5.78. The summed E-state index contributed by atoms with van der Waals surface area (Å²) in [5, 5.41) is 10.6. The Hall–Kier alpha value is -2.59. The molecule has 1 saturated heterocycles. The number of aromatic hydroxyl groups is 1. The quantitative estimate of drug-likeness (QED) is 0.774. The van der Waals surface area contributed by atoms with Gasteiger partial charge in [0.05, 0.1) is 37.4 Å². The van der Waals surface area contributed by atoms with E-state index in [0.717, 1.165) is 38.2 Å². The number of nitrogens with one attached hydrogen (secondary N) is 1. The molecule has 0 saturated carbocycles. The maximum Gasteiger partial charge on any atom is 0.120 e. The SMILES string of the molecule is Oc1ccc(N2CC[NH+](Cc3ccc4ccccc4n3)CC2)cc1. The van der Waals surface area contributed by atoms with Crippen molar-refractivity contribution in [1.82, 2.24) is 4.98 Å². The van der Waals surface area contributed by atoms with Gasteiger partial charge < -0.3 is 14.9 Å². The molecule has 4 rings (SSSR count). The first-order valence-corrected chi connectivity index (χ1v) is 8.50. The lowest BCUT2D eigenvalue weighted by Gasteiger charge is -2.33. The maximum atomic E-state index is 9.41. The largest absolute Gasteiger partial charge is 0.508 e. The molecule has 0 atom stereocenters. The molecule has 24 heavy (non-hydrogen) atoms. The molecule has 1 aliphatic rings. The number of phenolic OH excluding ortho intramolecular Hbond substituents is 1. The van der Waals surface area contributed by atoms with Crippen molar-refractivity contribution in [3.05, 3.63) is 66.4 Å². The van der Waals surface area contributed by atoms with E-state index in [1.165, 1.54) is 16.8 Å². The van der Waals surface area contributed by atoms with Crippen molar-refractivity contribution in [3.8, 4) is 5.75 Å². The van der Waals surface area contributed by atoms with Gasteiger partial charge in [-0.3, -0.25) is 0 Å². The number of phenols is 1. The zero-order valence-electron chi connectivity index (χ0n) is 13.7.